The van der Waals surface area contributed by atoms with Gasteiger partial charge in [0, 0.05) is 4.90 Å². The van der Waals surface area contributed by atoms with Gasteiger partial charge in [-0.2, -0.15) is 0 Å². The van der Waals surface area contributed by atoms with Gasteiger partial charge in [0.2, 0.25) is 0 Å². The summed E-state index contributed by atoms with van der Waals surface area (Å²) in [6.07, 6.45) is 1.11. The topological polar surface area (TPSA) is 0 Å². The van der Waals surface area contributed by atoms with Crippen LogP contribution in [0.2, 0.25) is 0 Å². The molecule has 2 heteroatoms. The van der Waals surface area contributed by atoms with Gasteiger partial charge in [0.15, 0.2) is 0 Å². The fourth-order valence-electron chi connectivity index (χ4n) is 0.732. The fraction of sp³-hybridized carbons (Fsp3) is 0.250. The van der Waals surface area contributed by atoms with Gasteiger partial charge in [0.05, 0.1) is 0 Å². The quantitative estimate of drug-likeness (QED) is 0.692. The van der Waals surface area contributed by atoms with Crippen molar-refractivity contribution < 1.29 is 0 Å². The molecule has 0 unspecified atom stereocenters. The third-order valence-corrected chi connectivity index (χ3v) is 1.64. The number of hydrogen-bond acceptors (Lipinski definition) is 1. The third-order valence-electron chi connectivity index (χ3n) is 1.34. The Balaban J connectivity index is 0.000000810. The molecule has 0 spiro atoms. The Morgan fingerprint density at radius 3 is 2.10 bits per heavy atom. The molecule has 0 nitrogen and oxygen atoms in total. The molecule has 0 fully saturated rings. The van der Waals surface area contributed by atoms with Crippen LogP contribution in [-0.4, -0.2) is 58.2 Å². The monoisotopic (exact) mass is 224 g/mol. The van der Waals surface area contributed by atoms with Gasteiger partial charge in [-0.05, 0) is 24.1 Å². The standard InChI is InChI=1S/C8H10S.Rb.H/c1-2-7-3-5-8(9)6-4-7;;/h3-6,9H,2H2,1H3;;. The molecular formula is C8H11RbS. The Kier molecular flexibility index (Phi) is 6.77. The maximum atomic E-state index is 4.17. The van der Waals surface area contributed by atoms with Crippen LogP contribution in [0.4, 0.5) is 0 Å². The summed E-state index contributed by atoms with van der Waals surface area (Å²) < 4.78 is 0. The SMILES string of the molecule is CCc1ccc(S)cc1.[RbH]. The van der Waals surface area contributed by atoms with Crippen molar-refractivity contribution in [2.45, 2.75) is 18.2 Å². The number of rotatable bonds is 1. The maximum absolute atomic E-state index is 4.17. The number of aryl methyl sites for hydroxylation is 1. The molecule has 0 aliphatic heterocycles. The van der Waals surface area contributed by atoms with Crippen LogP contribution in [0.1, 0.15) is 12.5 Å². The van der Waals surface area contributed by atoms with Gasteiger partial charge >= 0.3 is 58.2 Å². The minimum absolute atomic E-state index is 0. The molecule has 10 heavy (non-hydrogen) atoms. The van der Waals surface area contributed by atoms with Crippen LogP contribution in [0.25, 0.3) is 0 Å². The Bertz CT molecular complexity index is 181. The molecule has 0 saturated heterocycles. The molecule has 0 aromatic heterocycles. The van der Waals surface area contributed by atoms with Crippen LogP contribution in [0.3, 0.4) is 0 Å². The first-order valence-corrected chi connectivity index (χ1v) is 3.55. The summed E-state index contributed by atoms with van der Waals surface area (Å²) in [4.78, 5) is 1.03. The van der Waals surface area contributed by atoms with Crippen molar-refractivity contribution in [2.24, 2.45) is 0 Å². The van der Waals surface area contributed by atoms with Crippen molar-refractivity contribution in [3.05, 3.63) is 29.8 Å². The van der Waals surface area contributed by atoms with Gasteiger partial charge in [0.25, 0.3) is 0 Å². The van der Waals surface area contributed by atoms with Gasteiger partial charge in [-0.15, -0.1) is 12.6 Å². The van der Waals surface area contributed by atoms with Gasteiger partial charge in [-0.25, -0.2) is 0 Å². The molecule has 0 aliphatic carbocycles. The summed E-state index contributed by atoms with van der Waals surface area (Å²) in [6.45, 7) is 2.15. The third kappa shape index (κ3) is 3.68. The van der Waals surface area contributed by atoms with E-state index in [2.05, 4.69) is 31.7 Å². The van der Waals surface area contributed by atoms with E-state index in [4.69, 9.17) is 0 Å². The average Bonchev–Trinajstić information content (AvgIpc) is 1.90. The summed E-state index contributed by atoms with van der Waals surface area (Å²) >= 11 is 4.17. The van der Waals surface area contributed by atoms with Crippen molar-refractivity contribution >= 4 is 70.8 Å². The first kappa shape index (κ1) is 11.4. The summed E-state index contributed by atoms with van der Waals surface area (Å²) in [7, 11) is 0. The van der Waals surface area contributed by atoms with E-state index in [1.165, 1.54) is 5.56 Å². The van der Waals surface area contributed by atoms with Gasteiger partial charge in [-0.3, -0.25) is 0 Å². The predicted octanol–water partition coefficient (Wildman–Crippen LogP) is 1.89. The number of hydrogen-bond donors (Lipinski definition) is 1. The van der Waals surface area contributed by atoms with Crippen LogP contribution < -0.4 is 0 Å². The normalized spacial score (nSPS) is 8.60. The van der Waals surface area contributed by atoms with E-state index in [0.717, 1.165) is 11.3 Å². The van der Waals surface area contributed by atoms with Gasteiger partial charge < -0.3 is 0 Å². The fourth-order valence-corrected chi connectivity index (χ4v) is 0.881. The van der Waals surface area contributed by atoms with E-state index < -0.39 is 0 Å². The van der Waals surface area contributed by atoms with Crippen LogP contribution in [-0.2, 0) is 6.42 Å². The molecule has 0 heterocycles. The Morgan fingerprint density at radius 1 is 1.20 bits per heavy atom. The van der Waals surface area contributed by atoms with Crippen molar-refractivity contribution in [3.63, 3.8) is 0 Å². The molecule has 1 aromatic rings. The summed E-state index contributed by atoms with van der Waals surface area (Å²) in [6, 6.07) is 8.23. The van der Waals surface area contributed by atoms with Crippen LogP contribution in [0.5, 0.6) is 0 Å². The molecule has 0 atom stereocenters. The van der Waals surface area contributed by atoms with E-state index in [0.29, 0.717) is 0 Å². The molecule has 0 radical (unpaired) electrons. The molecule has 0 aliphatic rings. The van der Waals surface area contributed by atoms with Crippen molar-refractivity contribution in [1.82, 2.24) is 0 Å². The van der Waals surface area contributed by atoms with E-state index in [-0.39, 0.29) is 58.2 Å². The van der Waals surface area contributed by atoms with Crippen molar-refractivity contribution in [2.75, 3.05) is 0 Å². The first-order valence-electron chi connectivity index (χ1n) is 3.11. The molecule has 50 valence electrons. The van der Waals surface area contributed by atoms with Crippen LogP contribution in [0, 0.1) is 0 Å². The van der Waals surface area contributed by atoms with Crippen molar-refractivity contribution in [1.29, 1.82) is 0 Å². The van der Waals surface area contributed by atoms with Crippen LogP contribution >= 0.6 is 12.6 Å². The first-order chi connectivity index (χ1) is 4.33. The Hall–Kier alpha value is 1.38. The van der Waals surface area contributed by atoms with Crippen molar-refractivity contribution in [3.8, 4) is 0 Å². The Labute approximate surface area is 117 Å². The second kappa shape index (κ2) is 5.95. The summed E-state index contributed by atoms with van der Waals surface area (Å²) in [5, 5.41) is 0. The number of benzene rings is 1. The zero-order valence-corrected chi connectivity index (χ0v) is 6.36. The molecule has 0 saturated carbocycles. The van der Waals surface area contributed by atoms with Gasteiger partial charge in [0.1, 0.15) is 0 Å². The van der Waals surface area contributed by atoms with E-state index >= 15 is 0 Å². The molecule has 1 rings (SSSR count). The molecule has 0 bridgehead atoms. The van der Waals surface area contributed by atoms with E-state index in [1.807, 2.05) is 12.1 Å². The second-order valence-corrected chi connectivity index (χ2v) is 2.54. The van der Waals surface area contributed by atoms with Crippen LogP contribution in [0.15, 0.2) is 29.2 Å². The predicted molar refractivity (Wildman–Crippen MR) is 50.2 cm³/mol. The molecule has 1 aromatic carbocycles. The summed E-state index contributed by atoms with van der Waals surface area (Å²) in [5.41, 5.74) is 1.37. The molecular weight excluding hydrogens is 214 g/mol. The summed E-state index contributed by atoms with van der Waals surface area (Å²) in [5.74, 6) is 0. The number of thiol groups is 1. The second-order valence-electron chi connectivity index (χ2n) is 2.02. The molecule has 0 N–H and O–H groups in total. The average molecular weight is 225 g/mol. The zero-order chi connectivity index (χ0) is 6.69. The minimum atomic E-state index is 0. The Morgan fingerprint density at radius 2 is 1.70 bits per heavy atom. The zero-order valence-electron chi connectivity index (χ0n) is 5.46. The molecule has 0 amide bonds. The van der Waals surface area contributed by atoms with E-state index in [9.17, 15) is 0 Å². The van der Waals surface area contributed by atoms with E-state index in [1.54, 1.807) is 0 Å². The van der Waals surface area contributed by atoms with Gasteiger partial charge in [-0.1, -0.05) is 19.1 Å².